The van der Waals surface area contributed by atoms with Crippen LogP contribution in [-0.4, -0.2) is 45.2 Å². The number of benzene rings is 1. The summed E-state index contributed by atoms with van der Waals surface area (Å²) in [7, 11) is 2.63. The molecule has 33 heavy (non-hydrogen) atoms. The first-order chi connectivity index (χ1) is 15.2. The fourth-order valence-corrected chi connectivity index (χ4v) is 3.00. The van der Waals surface area contributed by atoms with Crippen LogP contribution in [0.1, 0.15) is 32.3 Å². The van der Waals surface area contributed by atoms with E-state index in [1.165, 1.54) is 32.8 Å². The molecule has 12 heteroatoms. The van der Waals surface area contributed by atoms with E-state index in [0.717, 1.165) is 14.8 Å². The van der Waals surface area contributed by atoms with Gasteiger partial charge in [-0.15, -0.1) is 5.10 Å². The van der Waals surface area contributed by atoms with Crippen LogP contribution in [0.2, 0.25) is 0 Å². The fraction of sp³-hybridized carbons (Fsp3) is 0.524. The van der Waals surface area contributed by atoms with Gasteiger partial charge in [-0.3, -0.25) is 9.36 Å². The van der Waals surface area contributed by atoms with Crippen molar-refractivity contribution in [3.05, 3.63) is 50.7 Å². The zero-order valence-corrected chi connectivity index (χ0v) is 18.8. The van der Waals surface area contributed by atoms with Crippen molar-refractivity contribution in [1.82, 2.24) is 14.3 Å². The topological polar surface area (TPSA) is 109 Å². The van der Waals surface area contributed by atoms with Crippen molar-refractivity contribution >= 4 is 11.8 Å². The molecule has 0 bridgehead atoms. The SMILES string of the molecule is Cn1nc(N(CCCC(F)(F)F)CCc2ccc(OC(C)(C)C(=O)[O-])cc2)c(=O)n(C)c1=O. The highest BCUT2D eigenvalue weighted by molar-refractivity contribution is 5.74. The molecule has 0 saturated carbocycles. The molecule has 182 valence electrons. The van der Waals surface area contributed by atoms with Crippen LogP contribution in [0.4, 0.5) is 19.0 Å². The number of halogens is 3. The molecule has 0 N–H and O–H groups in total. The predicted octanol–water partition coefficient (Wildman–Crippen LogP) is 0.778. The number of nitrogens with zero attached hydrogens (tertiary/aromatic N) is 4. The third-order valence-corrected chi connectivity index (χ3v) is 4.95. The van der Waals surface area contributed by atoms with Crippen molar-refractivity contribution in [3.8, 4) is 5.75 Å². The lowest BCUT2D eigenvalue weighted by atomic mass is 10.1. The number of hydrogen-bond acceptors (Lipinski definition) is 7. The molecule has 0 atom stereocenters. The Labute approximate surface area is 188 Å². The molecule has 0 aliphatic heterocycles. The monoisotopic (exact) mass is 471 g/mol. The van der Waals surface area contributed by atoms with Gasteiger partial charge in [0.15, 0.2) is 0 Å². The molecule has 2 aromatic rings. The maximum atomic E-state index is 12.6. The second kappa shape index (κ2) is 10.1. The normalized spacial score (nSPS) is 12.0. The number of rotatable bonds is 10. The third kappa shape index (κ3) is 7.09. The first kappa shape index (κ1) is 25.9. The molecule has 0 aliphatic carbocycles. The molecule has 9 nitrogen and oxygen atoms in total. The Balaban J connectivity index is 2.20. The van der Waals surface area contributed by atoms with E-state index in [1.807, 2.05) is 0 Å². The Hall–Kier alpha value is -3.31. The molecule has 0 radical (unpaired) electrons. The van der Waals surface area contributed by atoms with Gasteiger partial charge in [-0.05, 0) is 44.4 Å². The van der Waals surface area contributed by atoms with Gasteiger partial charge in [-0.1, -0.05) is 12.1 Å². The molecule has 2 rings (SSSR count). The predicted molar refractivity (Wildman–Crippen MR) is 112 cm³/mol. The quantitative estimate of drug-likeness (QED) is 0.504. The molecule has 0 spiro atoms. The van der Waals surface area contributed by atoms with E-state index in [4.69, 9.17) is 4.74 Å². The van der Waals surface area contributed by atoms with Gasteiger partial charge in [-0.2, -0.15) is 13.2 Å². The van der Waals surface area contributed by atoms with E-state index in [0.29, 0.717) is 12.2 Å². The highest BCUT2D eigenvalue weighted by atomic mass is 19.4. The van der Waals surface area contributed by atoms with Gasteiger partial charge in [-0.25, -0.2) is 9.48 Å². The van der Waals surface area contributed by atoms with Crippen molar-refractivity contribution in [2.24, 2.45) is 14.1 Å². The highest BCUT2D eigenvalue weighted by Gasteiger charge is 2.27. The number of anilines is 1. The molecule has 1 aromatic carbocycles. The summed E-state index contributed by atoms with van der Waals surface area (Å²) in [5.74, 6) is -1.17. The number of aliphatic carboxylic acids is 1. The van der Waals surface area contributed by atoms with Crippen LogP contribution in [0.5, 0.6) is 5.75 Å². The summed E-state index contributed by atoms with van der Waals surface area (Å²) in [6.07, 6.45) is -5.25. The van der Waals surface area contributed by atoms with E-state index in [1.54, 1.807) is 24.3 Å². The van der Waals surface area contributed by atoms with E-state index >= 15 is 0 Å². The van der Waals surface area contributed by atoms with Gasteiger partial charge in [0.2, 0.25) is 5.82 Å². The van der Waals surface area contributed by atoms with Gasteiger partial charge in [0.25, 0.3) is 5.56 Å². The Morgan fingerprint density at radius 1 is 1.12 bits per heavy atom. The molecule has 0 fully saturated rings. The Morgan fingerprint density at radius 2 is 1.73 bits per heavy atom. The number of carboxylic acids is 1. The van der Waals surface area contributed by atoms with Crippen LogP contribution in [0, 0.1) is 0 Å². The largest absolute Gasteiger partial charge is 0.546 e. The van der Waals surface area contributed by atoms with Crippen molar-refractivity contribution in [3.63, 3.8) is 0 Å². The summed E-state index contributed by atoms with van der Waals surface area (Å²) in [6, 6.07) is 6.50. The van der Waals surface area contributed by atoms with E-state index in [2.05, 4.69) is 5.10 Å². The minimum atomic E-state index is -4.33. The summed E-state index contributed by atoms with van der Waals surface area (Å²) in [5, 5.41) is 15.0. The highest BCUT2D eigenvalue weighted by Crippen LogP contribution is 2.22. The van der Waals surface area contributed by atoms with Crippen LogP contribution < -0.4 is 26.0 Å². The maximum Gasteiger partial charge on any atom is 0.389 e. The number of carbonyl (C=O) groups excluding carboxylic acids is 1. The van der Waals surface area contributed by atoms with Crippen molar-refractivity contribution in [2.45, 2.75) is 44.9 Å². The minimum absolute atomic E-state index is 0.0824. The number of alkyl halides is 3. The molecule has 1 heterocycles. The first-order valence-corrected chi connectivity index (χ1v) is 10.2. The van der Waals surface area contributed by atoms with Gasteiger partial charge in [0.1, 0.15) is 11.4 Å². The maximum absolute atomic E-state index is 12.6. The molecule has 0 saturated heterocycles. The van der Waals surface area contributed by atoms with Crippen molar-refractivity contribution < 1.29 is 27.8 Å². The molecular weight excluding hydrogens is 445 g/mol. The van der Waals surface area contributed by atoms with Gasteiger partial charge < -0.3 is 19.5 Å². The van der Waals surface area contributed by atoms with E-state index < -0.39 is 35.4 Å². The second-order valence-corrected chi connectivity index (χ2v) is 8.09. The summed E-state index contributed by atoms with van der Waals surface area (Å²) < 4.78 is 45.1. The summed E-state index contributed by atoms with van der Waals surface area (Å²) >= 11 is 0. The number of aryl methyl sites for hydroxylation is 1. The lowest BCUT2D eigenvalue weighted by Crippen LogP contribution is -2.47. The average molecular weight is 471 g/mol. The first-order valence-electron chi connectivity index (χ1n) is 10.2. The average Bonchev–Trinajstić information content (AvgIpc) is 2.71. The van der Waals surface area contributed by atoms with Gasteiger partial charge in [0.05, 0.1) is 5.97 Å². The Kier molecular flexibility index (Phi) is 7.93. The van der Waals surface area contributed by atoms with Crippen LogP contribution in [0.25, 0.3) is 0 Å². The lowest BCUT2D eigenvalue weighted by molar-refractivity contribution is -0.320. The third-order valence-electron chi connectivity index (χ3n) is 4.95. The number of hydrogen-bond donors (Lipinski definition) is 0. The Morgan fingerprint density at radius 3 is 2.27 bits per heavy atom. The number of aromatic nitrogens is 3. The molecule has 0 aliphatic rings. The molecule has 0 unspecified atom stereocenters. The lowest BCUT2D eigenvalue weighted by Gasteiger charge is -2.27. The van der Waals surface area contributed by atoms with E-state index in [-0.39, 0.29) is 25.3 Å². The van der Waals surface area contributed by atoms with Crippen molar-refractivity contribution in [1.29, 1.82) is 0 Å². The second-order valence-electron chi connectivity index (χ2n) is 8.09. The van der Waals surface area contributed by atoms with Crippen molar-refractivity contribution in [2.75, 3.05) is 18.0 Å². The zero-order valence-electron chi connectivity index (χ0n) is 18.8. The standard InChI is InChI=1S/C21H27F3N4O5/c1-20(2,18(30)31)33-15-8-6-14(7-9-15)10-13-28(12-5-11-21(22,23)24)16-17(29)26(3)19(32)27(4)25-16/h6-9H,5,10-13H2,1-4H3,(H,30,31)/p-1. The van der Waals surface area contributed by atoms with E-state index in [9.17, 15) is 32.7 Å². The fourth-order valence-electron chi connectivity index (χ4n) is 3.00. The van der Waals surface area contributed by atoms with Gasteiger partial charge in [0, 0.05) is 33.6 Å². The zero-order chi connectivity index (χ0) is 25.0. The van der Waals surface area contributed by atoms with Crippen LogP contribution in [0.15, 0.2) is 33.9 Å². The number of ether oxygens (including phenoxy) is 1. The van der Waals surface area contributed by atoms with Crippen LogP contribution in [0.3, 0.4) is 0 Å². The number of carbonyl (C=O) groups is 1. The number of carboxylic acid groups (broad SMARTS) is 1. The van der Waals surface area contributed by atoms with Crippen LogP contribution in [-0.2, 0) is 25.3 Å². The molecule has 1 aromatic heterocycles. The summed E-state index contributed by atoms with van der Waals surface area (Å²) in [6.45, 7) is 2.80. The molecular formula is C21H26F3N4O5-. The smallest absolute Gasteiger partial charge is 0.389 e. The summed E-state index contributed by atoms with van der Waals surface area (Å²) in [4.78, 5) is 37.0. The summed E-state index contributed by atoms with van der Waals surface area (Å²) in [5.41, 5.74) is -2.09. The minimum Gasteiger partial charge on any atom is -0.546 e. The van der Waals surface area contributed by atoms with Crippen LogP contribution >= 0.6 is 0 Å². The van der Waals surface area contributed by atoms with Gasteiger partial charge >= 0.3 is 11.9 Å². The molecule has 0 amide bonds. The Bertz CT molecular complexity index is 1090.